The van der Waals surface area contributed by atoms with Crippen LogP contribution < -0.4 is 0 Å². The first-order valence-electron chi connectivity index (χ1n) is 8.12. The van der Waals surface area contributed by atoms with Gasteiger partial charge >= 0.3 is 0 Å². The molecule has 0 saturated heterocycles. The maximum absolute atomic E-state index is 12.1. The number of carbonyl (C=O) groups is 1. The number of nitrogens with zero attached hydrogens (tertiary/aromatic N) is 1. The molecule has 0 bridgehead atoms. The Morgan fingerprint density at radius 3 is 1.95 bits per heavy atom. The van der Waals surface area contributed by atoms with Crippen molar-refractivity contribution in [3.05, 3.63) is 29.1 Å². The molecule has 0 saturated carbocycles. The molecular weight excluding hydrogens is 246 g/mol. The van der Waals surface area contributed by atoms with Crippen molar-refractivity contribution in [3.8, 4) is 0 Å². The molecule has 0 N–H and O–H groups in total. The standard InChI is InChI=1S/C18H29NO/c1-4-5-6-7-8-9-10-11-12-18(20)17-13-15(2)19-16(3)14-17/h13-14H,4-12H2,1-3H3. The Hall–Kier alpha value is -1.18. The minimum Gasteiger partial charge on any atom is -0.294 e. The van der Waals surface area contributed by atoms with Crippen molar-refractivity contribution in [1.82, 2.24) is 4.98 Å². The fourth-order valence-corrected chi connectivity index (χ4v) is 2.56. The van der Waals surface area contributed by atoms with E-state index in [1.807, 2.05) is 26.0 Å². The first kappa shape index (κ1) is 16.9. The van der Waals surface area contributed by atoms with Crippen LogP contribution in [0.5, 0.6) is 0 Å². The molecule has 0 spiro atoms. The van der Waals surface area contributed by atoms with Crippen molar-refractivity contribution in [2.75, 3.05) is 0 Å². The number of pyridine rings is 1. The van der Waals surface area contributed by atoms with Crippen molar-refractivity contribution < 1.29 is 4.79 Å². The number of aryl methyl sites for hydroxylation is 2. The largest absolute Gasteiger partial charge is 0.294 e. The second-order valence-corrected chi connectivity index (χ2v) is 5.79. The van der Waals surface area contributed by atoms with Crippen LogP contribution in [0.2, 0.25) is 0 Å². The zero-order valence-electron chi connectivity index (χ0n) is 13.4. The van der Waals surface area contributed by atoms with Crippen LogP contribution in [0.1, 0.15) is 86.5 Å². The van der Waals surface area contributed by atoms with E-state index < -0.39 is 0 Å². The zero-order chi connectivity index (χ0) is 14.8. The Bertz CT molecular complexity index is 392. The van der Waals surface area contributed by atoms with E-state index >= 15 is 0 Å². The van der Waals surface area contributed by atoms with Gasteiger partial charge in [-0.2, -0.15) is 0 Å². The topological polar surface area (TPSA) is 30.0 Å². The Morgan fingerprint density at radius 2 is 1.40 bits per heavy atom. The van der Waals surface area contributed by atoms with Crippen LogP contribution >= 0.6 is 0 Å². The molecule has 0 aliphatic rings. The SMILES string of the molecule is CCCCCCCCCCC(=O)c1cc(C)nc(C)c1. The minimum atomic E-state index is 0.268. The molecule has 0 amide bonds. The molecule has 0 atom stereocenters. The quantitative estimate of drug-likeness (QED) is 0.422. The van der Waals surface area contributed by atoms with E-state index in [1.165, 1.54) is 44.9 Å². The molecule has 0 aliphatic carbocycles. The lowest BCUT2D eigenvalue weighted by atomic mass is 10.0. The van der Waals surface area contributed by atoms with Gasteiger partial charge in [0.15, 0.2) is 5.78 Å². The number of hydrogen-bond acceptors (Lipinski definition) is 2. The van der Waals surface area contributed by atoms with Gasteiger partial charge in [0, 0.05) is 23.4 Å². The third-order valence-electron chi connectivity index (χ3n) is 3.66. The maximum atomic E-state index is 12.1. The van der Waals surface area contributed by atoms with Crippen LogP contribution in [0.4, 0.5) is 0 Å². The van der Waals surface area contributed by atoms with Gasteiger partial charge in [-0.15, -0.1) is 0 Å². The minimum absolute atomic E-state index is 0.268. The number of rotatable bonds is 10. The summed E-state index contributed by atoms with van der Waals surface area (Å²) in [5.41, 5.74) is 2.70. The summed E-state index contributed by atoms with van der Waals surface area (Å²) in [7, 11) is 0. The summed E-state index contributed by atoms with van der Waals surface area (Å²) in [4.78, 5) is 16.4. The van der Waals surface area contributed by atoms with Gasteiger partial charge in [0.25, 0.3) is 0 Å². The van der Waals surface area contributed by atoms with Crippen LogP contribution in [-0.2, 0) is 0 Å². The third-order valence-corrected chi connectivity index (χ3v) is 3.66. The predicted octanol–water partition coefficient (Wildman–Crippen LogP) is 5.41. The number of aromatic nitrogens is 1. The highest BCUT2D eigenvalue weighted by Gasteiger charge is 2.07. The number of unbranched alkanes of at least 4 members (excludes halogenated alkanes) is 7. The summed E-state index contributed by atoms with van der Waals surface area (Å²) in [6.07, 6.45) is 10.9. The lowest BCUT2D eigenvalue weighted by molar-refractivity contribution is 0.0979. The lowest BCUT2D eigenvalue weighted by Gasteiger charge is -2.04. The predicted molar refractivity (Wildman–Crippen MR) is 85.3 cm³/mol. The molecular formula is C18H29NO. The van der Waals surface area contributed by atoms with Crippen LogP contribution in [-0.4, -0.2) is 10.8 Å². The molecule has 0 unspecified atom stereocenters. The Balaban J connectivity index is 2.17. The highest BCUT2D eigenvalue weighted by molar-refractivity contribution is 5.96. The van der Waals surface area contributed by atoms with E-state index in [0.29, 0.717) is 6.42 Å². The number of carbonyl (C=O) groups excluding carboxylic acids is 1. The molecule has 0 radical (unpaired) electrons. The normalized spacial score (nSPS) is 10.8. The smallest absolute Gasteiger partial charge is 0.163 e. The average molecular weight is 275 g/mol. The van der Waals surface area contributed by atoms with E-state index in [2.05, 4.69) is 11.9 Å². The summed E-state index contributed by atoms with van der Waals surface area (Å²) < 4.78 is 0. The summed E-state index contributed by atoms with van der Waals surface area (Å²) in [6.45, 7) is 6.13. The van der Waals surface area contributed by atoms with Crippen molar-refractivity contribution >= 4 is 5.78 Å². The number of Topliss-reactive ketones (excluding diaryl/α,β-unsaturated/α-hetero) is 1. The summed E-state index contributed by atoms with van der Waals surface area (Å²) >= 11 is 0. The van der Waals surface area contributed by atoms with Crippen molar-refractivity contribution in [2.45, 2.75) is 78.6 Å². The van der Waals surface area contributed by atoms with E-state index in [-0.39, 0.29) is 5.78 Å². The Morgan fingerprint density at radius 1 is 0.900 bits per heavy atom. The summed E-state index contributed by atoms with van der Waals surface area (Å²) in [6, 6.07) is 3.81. The fourth-order valence-electron chi connectivity index (χ4n) is 2.56. The van der Waals surface area contributed by atoms with Gasteiger partial charge < -0.3 is 0 Å². The molecule has 1 rings (SSSR count). The van der Waals surface area contributed by atoms with Gasteiger partial charge in [-0.1, -0.05) is 51.9 Å². The molecule has 1 heterocycles. The van der Waals surface area contributed by atoms with E-state index in [9.17, 15) is 4.79 Å². The van der Waals surface area contributed by atoms with E-state index in [4.69, 9.17) is 0 Å². The van der Waals surface area contributed by atoms with E-state index in [0.717, 1.165) is 23.4 Å². The molecule has 0 aromatic carbocycles. The molecule has 2 heteroatoms. The van der Waals surface area contributed by atoms with Gasteiger partial charge in [0.2, 0.25) is 0 Å². The molecule has 20 heavy (non-hydrogen) atoms. The van der Waals surface area contributed by atoms with Gasteiger partial charge in [0.1, 0.15) is 0 Å². The van der Waals surface area contributed by atoms with Crippen molar-refractivity contribution in [1.29, 1.82) is 0 Å². The van der Waals surface area contributed by atoms with Crippen LogP contribution in [0.25, 0.3) is 0 Å². The zero-order valence-corrected chi connectivity index (χ0v) is 13.4. The van der Waals surface area contributed by atoms with Gasteiger partial charge in [0.05, 0.1) is 0 Å². The second-order valence-electron chi connectivity index (χ2n) is 5.79. The summed E-state index contributed by atoms with van der Waals surface area (Å²) in [5.74, 6) is 0.268. The number of hydrogen-bond donors (Lipinski definition) is 0. The highest BCUT2D eigenvalue weighted by Crippen LogP contribution is 2.13. The van der Waals surface area contributed by atoms with Crippen molar-refractivity contribution in [2.24, 2.45) is 0 Å². The highest BCUT2D eigenvalue weighted by atomic mass is 16.1. The molecule has 0 fully saturated rings. The first-order valence-corrected chi connectivity index (χ1v) is 8.12. The molecule has 2 nitrogen and oxygen atoms in total. The Labute approximate surface area is 124 Å². The molecule has 112 valence electrons. The van der Waals surface area contributed by atoms with Gasteiger partial charge in [-0.3, -0.25) is 9.78 Å². The molecule has 1 aromatic heterocycles. The molecule has 0 aliphatic heterocycles. The fraction of sp³-hybridized carbons (Fsp3) is 0.667. The van der Waals surface area contributed by atoms with Crippen LogP contribution in [0.15, 0.2) is 12.1 Å². The first-order chi connectivity index (χ1) is 9.63. The average Bonchev–Trinajstić information content (AvgIpc) is 2.40. The Kier molecular flexibility index (Phi) is 8.17. The van der Waals surface area contributed by atoms with Crippen LogP contribution in [0.3, 0.4) is 0 Å². The number of ketones is 1. The van der Waals surface area contributed by atoms with Gasteiger partial charge in [-0.25, -0.2) is 0 Å². The maximum Gasteiger partial charge on any atom is 0.163 e. The summed E-state index contributed by atoms with van der Waals surface area (Å²) in [5, 5.41) is 0. The van der Waals surface area contributed by atoms with Crippen LogP contribution in [0, 0.1) is 13.8 Å². The second kappa shape index (κ2) is 9.68. The molecule has 1 aromatic rings. The van der Waals surface area contributed by atoms with Gasteiger partial charge in [-0.05, 0) is 32.4 Å². The van der Waals surface area contributed by atoms with E-state index in [1.54, 1.807) is 0 Å². The lowest BCUT2D eigenvalue weighted by Crippen LogP contribution is -2.01. The third kappa shape index (κ3) is 6.83. The monoisotopic (exact) mass is 275 g/mol. The van der Waals surface area contributed by atoms with Crippen molar-refractivity contribution in [3.63, 3.8) is 0 Å².